The summed E-state index contributed by atoms with van der Waals surface area (Å²) >= 11 is 0. The summed E-state index contributed by atoms with van der Waals surface area (Å²) < 4.78 is 11.7. The van der Waals surface area contributed by atoms with E-state index < -0.39 is 0 Å². The molecule has 0 bridgehead atoms. The standard InChI is InChI=1S/C17H25NO2/c1-4-8-14(18-11-5-2)16-12-13-9-7-10-15(19-6-3)17(13)20-16/h7,9-10,12,14,18H,4-6,8,11H2,1-3H3. The lowest BCUT2D eigenvalue weighted by molar-refractivity contribution is 0.334. The topological polar surface area (TPSA) is 34.4 Å². The SMILES string of the molecule is CCCNC(CCC)c1cc2cccc(OCC)c2o1. The number of hydrogen-bond donors (Lipinski definition) is 1. The Morgan fingerprint density at radius 1 is 1.20 bits per heavy atom. The summed E-state index contributed by atoms with van der Waals surface area (Å²) in [6, 6.07) is 8.49. The molecule has 2 aromatic rings. The molecule has 1 heterocycles. The van der Waals surface area contributed by atoms with E-state index in [1.54, 1.807) is 0 Å². The number of fused-ring (bicyclic) bond motifs is 1. The first-order chi connectivity index (χ1) is 9.80. The van der Waals surface area contributed by atoms with Gasteiger partial charge in [-0.2, -0.15) is 0 Å². The lowest BCUT2D eigenvalue weighted by Crippen LogP contribution is -2.21. The smallest absolute Gasteiger partial charge is 0.176 e. The number of benzene rings is 1. The Morgan fingerprint density at radius 2 is 2.05 bits per heavy atom. The van der Waals surface area contributed by atoms with E-state index in [0.29, 0.717) is 12.6 Å². The fourth-order valence-corrected chi connectivity index (χ4v) is 2.45. The van der Waals surface area contributed by atoms with Crippen LogP contribution in [0.1, 0.15) is 51.8 Å². The zero-order chi connectivity index (χ0) is 14.4. The van der Waals surface area contributed by atoms with Gasteiger partial charge >= 0.3 is 0 Å². The van der Waals surface area contributed by atoms with Crippen LogP contribution in [0.2, 0.25) is 0 Å². The van der Waals surface area contributed by atoms with E-state index in [1.807, 2.05) is 19.1 Å². The van der Waals surface area contributed by atoms with E-state index in [9.17, 15) is 0 Å². The zero-order valence-electron chi connectivity index (χ0n) is 12.7. The molecule has 3 nitrogen and oxygen atoms in total. The van der Waals surface area contributed by atoms with Crippen molar-refractivity contribution in [3.63, 3.8) is 0 Å². The molecular formula is C17H25NO2. The third-order valence-corrected chi connectivity index (χ3v) is 3.39. The van der Waals surface area contributed by atoms with Crippen molar-refractivity contribution in [3.05, 3.63) is 30.0 Å². The summed E-state index contributed by atoms with van der Waals surface area (Å²) in [5.41, 5.74) is 0.865. The molecule has 1 aromatic heterocycles. The highest BCUT2D eigenvalue weighted by molar-refractivity contribution is 5.83. The highest BCUT2D eigenvalue weighted by Crippen LogP contribution is 2.32. The minimum atomic E-state index is 0.293. The summed E-state index contributed by atoms with van der Waals surface area (Å²) in [5.74, 6) is 1.85. The van der Waals surface area contributed by atoms with Crippen LogP contribution >= 0.6 is 0 Å². The number of furan rings is 1. The van der Waals surface area contributed by atoms with Crippen molar-refractivity contribution in [2.24, 2.45) is 0 Å². The van der Waals surface area contributed by atoms with Gasteiger partial charge in [0.1, 0.15) is 5.76 Å². The van der Waals surface area contributed by atoms with Crippen LogP contribution in [0, 0.1) is 0 Å². The molecule has 0 radical (unpaired) electrons. The van der Waals surface area contributed by atoms with E-state index in [1.165, 1.54) is 0 Å². The van der Waals surface area contributed by atoms with E-state index in [2.05, 4.69) is 31.3 Å². The highest BCUT2D eigenvalue weighted by Gasteiger charge is 2.16. The van der Waals surface area contributed by atoms with Gasteiger partial charge in [-0.15, -0.1) is 0 Å². The molecule has 110 valence electrons. The van der Waals surface area contributed by atoms with Crippen molar-refractivity contribution in [1.29, 1.82) is 0 Å². The molecule has 0 aliphatic rings. The Balaban J connectivity index is 2.30. The maximum Gasteiger partial charge on any atom is 0.176 e. The first-order valence-electron chi connectivity index (χ1n) is 7.68. The predicted octanol–water partition coefficient (Wildman–Crippen LogP) is 4.67. The average Bonchev–Trinajstić information content (AvgIpc) is 2.88. The van der Waals surface area contributed by atoms with Crippen LogP contribution in [0.25, 0.3) is 11.0 Å². The quantitative estimate of drug-likeness (QED) is 0.760. The van der Waals surface area contributed by atoms with Gasteiger partial charge in [0.2, 0.25) is 0 Å². The zero-order valence-corrected chi connectivity index (χ0v) is 12.7. The molecule has 0 spiro atoms. The second-order valence-corrected chi connectivity index (χ2v) is 5.05. The Kier molecular flexibility index (Phi) is 5.48. The van der Waals surface area contributed by atoms with Crippen molar-refractivity contribution in [1.82, 2.24) is 5.32 Å². The first-order valence-corrected chi connectivity index (χ1v) is 7.68. The van der Waals surface area contributed by atoms with Crippen molar-refractivity contribution in [2.75, 3.05) is 13.2 Å². The number of hydrogen-bond acceptors (Lipinski definition) is 3. The minimum Gasteiger partial charge on any atom is -0.490 e. The van der Waals surface area contributed by atoms with E-state index in [0.717, 1.165) is 48.3 Å². The molecule has 1 N–H and O–H groups in total. The van der Waals surface area contributed by atoms with Crippen molar-refractivity contribution < 1.29 is 9.15 Å². The van der Waals surface area contributed by atoms with Crippen LogP contribution < -0.4 is 10.1 Å². The van der Waals surface area contributed by atoms with Crippen LogP contribution in [0.3, 0.4) is 0 Å². The summed E-state index contributed by atoms with van der Waals surface area (Å²) in [7, 11) is 0. The number of rotatable bonds is 8. The van der Waals surface area contributed by atoms with Crippen LogP contribution in [-0.2, 0) is 0 Å². The third kappa shape index (κ3) is 3.34. The minimum absolute atomic E-state index is 0.293. The van der Waals surface area contributed by atoms with Gasteiger partial charge in [0.05, 0.1) is 12.6 Å². The Bertz CT molecular complexity index is 533. The second-order valence-electron chi connectivity index (χ2n) is 5.05. The molecule has 1 unspecified atom stereocenters. The highest BCUT2D eigenvalue weighted by atomic mass is 16.5. The molecule has 0 fully saturated rings. The molecule has 2 rings (SSSR count). The maximum absolute atomic E-state index is 6.08. The fourth-order valence-electron chi connectivity index (χ4n) is 2.45. The van der Waals surface area contributed by atoms with Crippen LogP contribution in [0.5, 0.6) is 5.75 Å². The van der Waals surface area contributed by atoms with Gasteiger partial charge < -0.3 is 14.5 Å². The summed E-state index contributed by atoms with van der Waals surface area (Å²) in [6.07, 6.45) is 3.35. The lowest BCUT2D eigenvalue weighted by atomic mass is 10.1. The molecule has 0 aliphatic carbocycles. The normalized spacial score (nSPS) is 12.8. The van der Waals surface area contributed by atoms with E-state index in [4.69, 9.17) is 9.15 Å². The molecule has 0 amide bonds. The van der Waals surface area contributed by atoms with Gasteiger partial charge in [-0.05, 0) is 38.4 Å². The Hall–Kier alpha value is -1.48. The molecule has 0 saturated heterocycles. The van der Waals surface area contributed by atoms with Crippen LogP contribution in [0.4, 0.5) is 0 Å². The van der Waals surface area contributed by atoms with E-state index in [-0.39, 0.29) is 0 Å². The van der Waals surface area contributed by atoms with Gasteiger partial charge in [-0.3, -0.25) is 0 Å². The van der Waals surface area contributed by atoms with Crippen molar-refractivity contribution in [3.8, 4) is 5.75 Å². The molecule has 20 heavy (non-hydrogen) atoms. The third-order valence-electron chi connectivity index (χ3n) is 3.39. The van der Waals surface area contributed by atoms with Crippen LogP contribution in [0.15, 0.2) is 28.7 Å². The van der Waals surface area contributed by atoms with E-state index >= 15 is 0 Å². The Morgan fingerprint density at radius 3 is 2.75 bits per heavy atom. The van der Waals surface area contributed by atoms with Crippen LogP contribution in [-0.4, -0.2) is 13.2 Å². The largest absolute Gasteiger partial charge is 0.490 e. The average molecular weight is 275 g/mol. The fraction of sp³-hybridized carbons (Fsp3) is 0.529. The molecule has 0 aliphatic heterocycles. The van der Waals surface area contributed by atoms with Gasteiger partial charge in [-0.25, -0.2) is 0 Å². The van der Waals surface area contributed by atoms with Gasteiger partial charge in [-0.1, -0.05) is 32.4 Å². The summed E-state index contributed by atoms with van der Waals surface area (Å²) in [6.45, 7) is 8.05. The van der Waals surface area contributed by atoms with Gasteiger partial charge in [0.25, 0.3) is 0 Å². The molecule has 1 atom stereocenters. The number of nitrogens with one attached hydrogen (secondary N) is 1. The molecule has 1 aromatic carbocycles. The Labute approximate surface area is 121 Å². The monoisotopic (exact) mass is 275 g/mol. The molecule has 0 saturated carbocycles. The van der Waals surface area contributed by atoms with Gasteiger partial charge in [0, 0.05) is 5.39 Å². The maximum atomic E-state index is 6.08. The molecule has 3 heteroatoms. The summed E-state index contributed by atoms with van der Waals surface area (Å²) in [5, 5.41) is 4.68. The van der Waals surface area contributed by atoms with Crippen molar-refractivity contribution >= 4 is 11.0 Å². The second kappa shape index (κ2) is 7.34. The van der Waals surface area contributed by atoms with Gasteiger partial charge in [0.15, 0.2) is 11.3 Å². The summed E-state index contributed by atoms with van der Waals surface area (Å²) in [4.78, 5) is 0. The molecular weight excluding hydrogens is 250 g/mol. The lowest BCUT2D eigenvalue weighted by Gasteiger charge is -2.14. The number of ether oxygens (including phenoxy) is 1. The van der Waals surface area contributed by atoms with Crippen molar-refractivity contribution in [2.45, 2.75) is 46.1 Å². The number of para-hydroxylation sites is 1. The first kappa shape index (κ1) is 14.9. The predicted molar refractivity (Wildman–Crippen MR) is 83.3 cm³/mol.